The summed E-state index contributed by atoms with van der Waals surface area (Å²) in [4.78, 5) is 0. The van der Waals surface area contributed by atoms with Gasteiger partial charge in [0, 0.05) is 0 Å². The van der Waals surface area contributed by atoms with Crippen molar-refractivity contribution in [2.75, 3.05) is 0 Å². The van der Waals surface area contributed by atoms with Crippen molar-refractivity contribution in [3.8, 4) is 0 Å². The van der Waals surface area contributed by atoms with E-state index in [2.05, 4.69) is 35.4 Å². The Morgan fingerprint density at radius 2 is 1.17 bits per heavy atom. The molecule has 2 heteroatoms. The van der Waals surface area contributed by atoms with E-state index in [1.165, 1.54) is 23.0 Å². The van der Waals surface area contributed by atoms with Gasteiger partial charge in [-0.25, -0.2) is 0 Å². The zero-order chi connectivity index (χ0) is 4.83. The summed E-state index contributed by atoms with van der Waals surface area (Å²) in [6.07, 6.45) is 2.83. The van der Waals surface area contributed by atoms with Crippen molar-refractivity contribution < 1.29 is 0 Å². The Kier molecular flexibility index (Phi) is 7.43. The van der Waals surface area contributed by atoms with E-state index >= 15 is 0 Å². The van der Waals surface area contributed by atoms with Crippen LogP contribution in [0.1, 0.15) is 12.8 Å². The van der Waals surface area contributed by atoms with E-state index in [-0.39, 0.29) is 0 Å². The summed E-state index contributed by atoms with van der Waals surface area (Å²) < 4.78 is 0. The van der Waals surface area contributed by atoms with Gasteiger partial charge in [-0.3, -0.25) is 0 Å². The first kappa shape index (κ1) is 7.19. The maximum atomic E-state index is 2.23. The molecular formula is C4H8Li2. The molecular weight excluding hydrogens is 61.9 g/mol. The van der Waals surface area contributed by atoms with Gasteiger partial charge in [-0.15, -0.1) is 0 Å². The third-order valence-electron chi connectivity index (χ3n) is 0.957. The van der Waals surface area contributed by atoms with Crippen LogP contribution in [-0.2, 0) is 0 Å². The molecule has 0 aliphatic rings. The van der Waals surface area contributed by atoms with Crippen molar-refractivity contribution in [3.63, 3.8) is 0 Å². The molecule has 26 valence electrons. The van der Waals surface area contributed by atoms with Crippen LogP contribution in [0.25, 0.3) is 0 Å². The average Bonchev–Trinajstić information content (AvgIpc) is 1.61. The fraction of sp³-hybridized carbons (Fsp3) is 1.00. The second kappa shape index (κ2) is 6.19. The van der Waals surface area contributed by atoms with E-state index in [0.29, 0.717) is 0 Å². The molecule has 0 atom stereocenters. The van der Waals surface area contributed by atoms with Gasteiger partial charge < -0.3 is 0 Å². The first-order valence-electron chi connectivity index (χ1n) is 2.91. The average molecular weight is 70.0 g/mol. The molecule has 0 aromatic heterocycles. The number of unbranched alkanes of at least 4 members (excludes halogenated alkanes) is 1. The molecule has 0 bridgehead atoms. The molecule has 0 aromatic carbocycles. The van der Waals surface area contributed by atoms with Crippen LogP contribution >= 0.6 is 0 Å². The van der Waals surface area contributed by atoms with E-state index in [1.54, 1.807) is 0 Å². The van der Waals surface area contributed by atoms with Gasteiger partial charge in [-0.1, -0.05) is 0 Å². The summed E-state index contributed by atoms with van der Waals surface area (Å²) in [7, 11) is 0. The molecule has 0 radical (unpaired) electrons. The molecule has 0 heterocycles. The molecule has 0 unspecified atom stereocenters. The van der Waals surface area contributed by atoms with Crippen molar-refractivity contribution in [2.24, 2.45) is 0 Å². The second-order valence-corrected chi connectivity index (χ2v) is 1.71. The van der Waals surface area contributed by atoms with Gasteiger partial charge in [-0.05, 0) is 0 Å². The Morgan fingerprint density at radius 1 is 0.833 bits per heavy atom. The summed E-state index contributed by atoms with van der Waals surface area (Å²) in [6, 6.07) is 0. The third kappa shape index (κ3) is 5.19. The van der Waals surface area contributed by atoms with Crippen LogP contribution in [0.5, 0.6) is 0 Å². The van der Waals surface area contributed by atoms with Crippen LogP contribution in [0.2, 0.25) is 10.2 Å². The molecule has 0 aromatic rings. The van der Waals surface area contributed by atoms with Crippen LogP contribution in [0.4, 0.5) is 0 Å². The van der Waals surface area contributed by atoms with Crippen LogP contribution in [0.3, 0.4) is 0 Å². The minimum absolute atomic E-state index is 1.36. The quantitative estimate of drug-likeness (QED) is 0.342. The fourth-order valence-electron chi connectivity index (χ4n) is 0.500. The zero-order valence-electron chi connectivity index (χ0n) is 4.83. The summed E-state index contributed by atoms with van der Waals surface area (Å²) in [5.74, 6) is 0. The van der Waals surface area contributed by atoms with Gasteiger partial charge in [0.15, 0.2) is 0 Å². The molecule has 0 saturated heterocycles. The predicted molar refractivity (Wildman–Crippen MR) is 30.4 cm³/mol. The van der Waals surface area contributed by atoms with Gasteiger partial charge in [0.2, 0.25) is 0 Å². The Morgan fingerprint density at radius 3 is 1.33 bits per heavy atom. The van der Waals surface area contributed by atoms with E-state index < -0.39 is 0 Å². The van der Waals surface area contributed by atoms with E-state index in [1.807, 2.05) is 0 Å². The Labute approximate surface area is 58.5 Å². The summed E-state index contributed by atoms with van der Waals surface area (Å²) in [5.41, 5.74) is 0. The molecule has 0 spiro atoms. The van der Waals surface area contributed by atoms with Crippen LogP contribution in [-0.4, -0.2) is 35.4 Å². The Balaban J connectivity index is 2.34. The molecule has 0 aliphatic heterocycles. The number of rotatable bonds is 3. The van der Waals surface area contributed by atoms with E-state index in [4.69, 9.17) is 0 Å². The first-order chi connectivity index (χ1) is 2.91. The van der Waals surface area contributed by atoms with E-state index in [9.17, 15) is 0 Å². The zero-order valence-corrected chi connectivity index (χ0v) is 4.83. The number of hydrogen-bond acceptors (Lipinski definition) is 0. The SMILES string of the molecule is [Li][CH2]CC[CH2][Li]. The standard InChI is InChI=1S/C4H8.2Li/c1-3-4-2;;/h1-4H2;;. The second-order valence-electron chi connectivity index (χ2n) is 1.71. The van der Waals surface area contributed by atoms with Gasteiger partial charge in [0.05, 0.1) is 0 Å². The monoisotopic (exact) mass is 70.1 g/mol. The summed E-state index contributed by atoms with van der Waals surface area (Å²) >= 11 is 4.46. The van der Waals surface area contributed by atoms with Crippen molar-refractivity contribution >= 4 is 35.4 Å². The fourth-order valence-corrected chi connectivity index (χ4v) is 0.500. The molecule has 0 nitrogen and oxygen atoms in total. The molecule has 0 saturated carbocycles. The minimum atomic E-state index is 1.36. The first-order valence-corrected chi connectivity index (χ1v) is 2.91. The van der Waals surface area contributed by atoms with Crippen molar-refractivity contribution in [1.82, 2.24) is 0 Å². The summed E-state index contributed by atoms with van der Waals surface area (Å²) in [6.45, 7) is 0. The van der Waals surface area contributed by atoms with Crippen molar-refractivity contribution in [3.05, 3.63) is 0 Å². The Hall–Kier alpha value is 1.19. The molecule has 0 N–H and O–H groups in total. The van der Waals surface area contributed by atoms with E-state index in [0.717, 1.165) is 0 Å². The maximum absolute atomic E-state index is 2.23. The van der Waals surface area contributed by atoms with Crippen molar-refractivity contribution in [1.29, 1.82) is 0 Å². The van der Waals surface area contributed by atoms with Crippen LogP contribution in [0.15, 0.2) is 0 Å². The van der Waals surface area contributed by atoms with Crippen LogP contribution < -0.4 is 0 Å². The predicted octanol–water partition coefficient (Wildman–Crippen LogP) is 0.940. The van der Waals surface area contributed by atoms with Crippen molar-refractivity contribution in [2.45, 2.75) is 23.0 Å². The molecule has 6 heavy (non-hydrogen) atoms. The topological polar surface area (TPSA) is 0 Å². The molecule has 0 fully saturated rings. The van der Waals surface area contributed by atoms with Crippen LogP contribution in [0, 0.1) is 0 Å². The number of hydrogen-bond donors (Lipinski definition) is 0. The normalized spacial score (nSPS) is 9.33. The van der Waals surface area contributed by atoms with Gasteiger partial charge >= 0.3 is 58.5 Å². The molecule has 0 rings (SSSR count). The molecule has 0 aliphatic carbocycles. The van der Waals surface area contributed by atoms with Gasteiger partial charge in [0.25, 0.3) is 0 Å². The van der Waals surface area contributed by atoms with Gasteiger partial charge in [-0.2, -0.15) is 0 Å². The summed E-state index contributed by atoms with van der Waals surface area (Å²) in [5, 5.41) is 2.71. The third-order valence-corrected chi connectivity index (χ3v) is 0.957. The Bertz CT molecular complexity index is 17.5. The van der Waals surface area contributed by atoms with Gasteiger partial charge in [0.1, 0.15) is 0 Å². The molecule has 0 amide bonds.